The highest BCUT2D eigenvalue weighted by Crippen LogP contribution is 2.06. The van der Waals surface area contributed by atoms with Crippen LogP contribution in [0.5, 0.6) is 0 Å². The predicted molar refractivity (Wildman–Crippen MR) is 74.5 cm³/mol. The van der Waals surface area contributed by atoms with Crippen LogP contribution in [0.4, 0.5) is 0 Å². The summed E-state index contributed by atoms with van der Waals surface area (Å²) in [6.45, 7) is -0.0478. The largest absolute Gasteiger partial charge is 0.391 e. The summed E-state index contributed by atoms with van der Waals surface area (Å²) in [6, 6.07) is 9.41. The lowest BCUT2D eigenvalue weighted by Gasteiger charge is -2.11. The molecule has 108 valence electrons. The third-order valence-electron chi connectivity index (χ3n) is 2.78. The number of aryl methyl sites for hydroxylation is 1. The van der Waals surface area contributed by atoms with Gasteiger partial charge in [-0.3, -0.25) is 0 Å². The summed E-state index contributed by atoms with van der Waals surface area (Å²) in [6.07, 6.45) is 2.43. The van der Waals surface area contributed by atoms with E-state index in [-0.39, 0.29) is 11.6 Å². The van der Waals surface area contributed by atoms with E-state index < -0.39 is 16.1 Å². The van der Waals surface area contributed by atoms with Gasteiger partial charge < -0.3 is 9.67 Å². The van der Waals surface area contributed by atoms with E-state index in [1.54, 1.807) is 11.6 Å². The number of sulfonamides is 1. The van der Waals surface area contributed by atoms with Crippen LogP contribution in [-0.4, -0.2) is 35.7 Å². The van der Waals surface area contributed by atoms with Crippen LogP contribution in [0.1, 0.15) is 5.56 Å². The first-order chi connectivity index (χ1) is 9.47. The fourth-order valence-electron chi connectivity index (χ4n) is 1.77. The SMILES string of the molecule is Cn1cnc(S(=O)(=O)NC[C@H](O)Cc2ccccc2)c1. The van der Waals surface area contributed by atoms with Gasteiger partial charge in [-0.15, -0.1) is 0 Å². The molecule has 2 N–H and O–H groups in total. The lowest BCUT2D eigenvalue weighted by Crippen LogP contribution is -2.33. The number of hydrogen-bond acceptors (Lipinski definition) is 4. The van der Waals surface area contributed by atoms with Gasteiger partial charge in [0.05, 0.1) is 12.4 Å². The predicted octanol–water partition coefficient (Wildman–Crippen LogP) is 0.302. The highest BCUT2D eigenvalue weighted by atomic mass is 32.2. The molecule has 0 aliphatic rings. The molecule has 2 aromatic rings. The maximum atomic E-state index is 11.9. The number of benzene rings is 1. The Hall–Kier alpha value is -1.70. The van der Waals surface area contributed by atoms with Gasteiger partial charge in [-0.05, 0) is 12.0 Å². The van der Waals surface area contributed by atoms with E-state index >= 15 is 0 Å². The Balaban J connectivity index is 1.91. The summed E-state index contributed by atoms with van der Waals surface area (Å²) in [7, 11) is -1.98. The zero-order valence-corrected chi connectivity index (χ0v) is 11.9. The van der Waals surface area contributed by atoms with E-state index in [1.807, 2.05) is 30.3 Å². The maximum absolute atomic E-state index is 11.9. The normalized spacial score (nSPS) is 13.3. The fraction of sp³-hybridized carbons (Fsp3) is 0.308. The van der Waals surface area contributed by atoms with Crippen LogP contribution in [0.2, 0.25) is 0 Å². The van der Waals surface area contributed by atoms with E-state index in [0.29, 0.717) is 6.42 Å². The van der Waals surface area contributed by atoms with Gasteiger partial charge in [0.25, 0.3) is 10.0 Å². The van der Waals surface area contributed by atoms with Gasteiger partial charge in [0.2, 0.25) is 0 Å². The molecule has 1 atom stereocenters. The molecule has 0 saturated carbocycles. The van der Waals surface area contributed by atoms with Crippen molar-refractivity contribution in [2.75, 3.05) is 6.54 Å². The molecule has 0 aliphatic carbocycles. The number of aliphatic hydroxyl groups is 1. The van der Waals surface area contributed by atoms with Crippen molar-refractivity contribution in [3.63, 3.8) is 0 Å². The van der Waals surface area contributed by atoms with Crippen molar-refractivity contribution in [3.8, 4) is 0 Å². The second-order valence-electron chi connectivity index (χ2n) is 4.57. The third-order valence-corrected chi connectivity index (χ3v) is 4.09. The minimum Gasteiger partial charge on any atom is -0.391 e. The summed E-state index contributed by atoms with van der Waals surface area (Å²) in [5.74, 6) is 0. The van der Waals surface area contributed by atoms with E-state index in [9.17, 15) is 13.5 Å². The summed E-state index contributed by atoms with van der Waals surface area (Å²) in [5, 5.41) is 9.82. The van der Waals surface area contributed by atoms with Crippen molar-refractivity contribution >= 4 is 10.0 Å². The molecule has 2 rings (SSSR count). The first-order valence-electron chi connectivity index (χ1n) is 6.17. The minimum atomic E-state index is -3.67. The first kappa shape index (κ1) is 14.7. The van der Waals surface area contributed by atoms with Crippen molar-refractivity contribution in [3.05, 3.63) is 48.4 Å². The molecular weight excluding hydrogens is 278 g/mol. The molecule has 0 saturated heterocycles. The van der Waals surface area contributed by atoms with Crippen molar-refractivity contribution in [1.29, 1.82) is 0 Å². The van der Waals surface area contributed by atoms with Gasteiger partial charge in [-0.1, -0.05) is 30.3 Å². The van der Waals surface area contributed by atoms with Crippen LogP contribution in [-0.2, 0) is 23.5 Å². The Bertz CT molecular complexity index is 653. The highest BCUT2D eigenvalue weighted by molar-refractivity contribution is 7.89. The van der Waals surface area contributed by atoms with Gasteiger partial charge in [0.1, 0.15) is 0 Å². The van der Waals surface area contributed by atoms with Crippen LogP contribution < -0.4 is 4.72 Å². The molecule has 20 heavy (non-hydrogen) atoms. The molecule has 0 aliphatic heterocycles. The molecule has 0 spiro atoms. The summed E-state index contributed by atoms with van der Waals surface area (Å²) >= 11 is 0. The van der Waals surface area contributed by atoms with E-state index in [1.165, 1.54) is 12.5 Å². The molecule has 0 radical (unpaired) electrons. The first-order valence-corrected chi connectivity index (χ1v) is 7.65. The fourth-order valence-corrected chi connectivity index (χ4v) is 2.82. The Labute approximate surface area is 118 Å². The van der Waals surface area contributed by atoms with Crippen molar-refractivity contribution in [1.82, 2.24) is 14.3 Å². The van der Waals surface area contributed by atoms with Crippen LogP contribution >= 0.6 is 0 Å². The number of aliphatic hydroxyl groups excluding tert-OH is 1. The van der Waals surface area contributed by atoms with Crippen LogP contribution in [0.15, 0.2) is 47.9 Å². The molecule has 1 heterocycles. The van der Waals surface area contributed by atoms with E-state index in [0.717, 1.165) is 5.56 Å². The average molecular weight is 295 g/mol. The standard InChI is InChI=1S/C13H17N3O3S/c1-16-9-13(14-10-16)20(18,19)15-8-12(17)7-11-5-3-2-4-6-11/h2-6,9-10,12,15,17H,7-8H2,1H3/t12-/m1/s1. The zero-order chi connectivity index (χ0) is 14.6. The Morgan fingerprint density at radius 2 is 2.05 bits per heavy atom. The van der Waals surface area contributed by atoms with Crippen LogP contribution in [0, 0.1) is 0 Å². The monoisotopic (exact) mass is 295 g/mol. The van der Waals surface area contributed by atoms with E-state index in [2.05, 4.69) is 9.71 Å². The third kappa shape index (κ3) is 3.89. The summed E-state index contributed by atoms with van der Waals surface area (Å²) in [4.78, 5) is 3.78. The van der Waals surface area contributed by atoms with Crippen molar-refractivity contribution < 1.29 is 13.5 Å². The summed E-state index contributed by atoms with van der Waals surface area (Å²) in [5.41, 5.74) is 0.956. The molecule has 0 fully saturated rings. The second-order valence-corrected chi connectivity index (χ2v) is 6.29. The number of rotatable bonds is 6. The highest BCUT2D eigenvalue weighted by Gasteiger charge is 2.18. The Morgan fingerprint density at radius 1 is 1.35 bits per heavy atom. The van der Waals surface area contributed by atoms with Gasteiger partial charge in [0.15, 0.2) is 5.03 Å². The van der Waals surface area contributed by atoms with Gasteiger partial charge in [0, 0.05) is 19.8 Å². The molecule has 1 aromatic carbocycles. The zero-order valence-electron chi connectivity index (χ0n) is 11.1. The van der Waals surface area contributed by atoms with E-state index in [4.69, 9.17) is 0 Å². The number of hydrogen-bond donors (Lipinski definition) is 2. The molecule has 1 aromatic heterocycles. The molecule has 0 bridgehead atoms. The van der Waals surface area contributed by atoms with Gasteiger partial charge >= 0.3 is 0 Å². The Kier molecular flexibility index (Phi) is 4.53. The van der Waals surface area contributed by atoms with Crippen LogP contribution in [0.25, 0.3) is 0 Å². The topological polar surface area (TPSA) is 84.2 Å². The second kappa shape index (κ2) is 6.17. The van der Waals surface area contributed by atoms with Gasteiger partial charge in [-0.2, -0.15) is 0 Å². The molecule has 0 unspecified atom stereocenters. The number of nitrogens with zero attached hydrogens (tertiary/aromatic N) is 2. The Morgan fingerprint density at radius 3 is 2.65 bits per heavy atom. The van der Waals surface area contributed by atoms with Crippen LogP contribution in [0.3, 0.4) is 0 Å². The number of imidazole rings is 1. The molecule has 7 heteroatoms. The quantitative estimate of drug-likeness (QED) is 0.803. The summed E-state index contributed by atoms with van der Waals surface area (Å²) < 4.78 is 27.7. The molecular formula is C13H17N3O3S. The van der Waals surface area contributed by atoms with Gasteiger partial charge in [-0.25, -0.2) is 18.1 Å². The maximum Gasteiger partial charge on any atom is 0.259 e. The smallest absolute Gasteiger partial charge is 0.259 e. The lowest BCUT2D eigenvalue weighted by molar-refractivity contribution is 0.179. The number of aromatic nitrogens is 2. The average Bonchev–Trinajstić information content (AvgIpc) is 2.85. The minimum absolute atomic E-state index is 0.0478. The van der Waals surface area contributed by atoms with Crippen molar-refractivity contribution in [2.24, 2.45) is 7.05 Å². The number of nitrogens with one attached hydrogen (secondary N) is 1. The molecule has 6 nitrogen and oxygen atoms in total. The molecule has 0 amide bonds. The van der Waals surface area contributed by atoms with Crippen molar-refractivity contribution in [2.45, 2.75) is 17.6 Å². The lowest BCUT2D eigenvalue weighted by atomic mass is 10.1.